The van der Waals surface area contributed by atoms with Gasteiger partial charge < -0.3 is 19.5 Å². The molecule has 0 radical (unpaired) electrons. The van der Waals surface area contributed by atoms with Crippen molar-refractivity contribution < 1.29 is 33.2 Å². The van der Waals surface area contributed by atoms with Gasteiger partial charge in [-0.2, -0.15) is 0 Å². The van der Waals surface area contributed by atoms with Crippen molar-refractivity contribution in [2.45, 2.75) is 174 Å². The molecule has 0 bridgehead atoms. The topological polar surface area (TPSA) is 98.0 Å². The van der Waals surface area contributed by atoms with Crippen LogP contribution in [0.25, 0.3) is 0 Å². The lowest BCUT2D eigenvalue weighted by Crippen LogP contribution is -2.44. The monoisotopic (exact) mass is 689 g/mol. The molecule has 1 aliphatic heterocycles. The summed E-state index contributed by atoms with van der Waals surface area (Å²) in [4.78, 5) is 38.7. The Balaban J connectivity index is 1.53. The summed E-state index contributed by atoms with van der Waals surface area (Å²) in [5.41, 5.74) is 0.402. The first kappa shape index (κ1) is 42.5. The maximum atomic E-state index is 12.9. The predicted molar refractivity (Wildman–Crippen MR) is 195 cm³/mol. The van der Waals surface area contributed by atoms with Crippen molar-refractivity contribution in [3.63, 3.8) is 0 Å². The fourth-order valence-electron chi connectivity index (χ4n) is 6.58. The van der Waals surface area contributed by atoms with Crippen LogP contribution < -0.4 is 9.88 Å². The largest absolute Gasteiger partial charge is 0.446 e. The number of nitrogens with zero attached hydrogens (tertiary/aromatic N) is 2. The highest BCUT2D eigenvalue weighted by Crippen LogP contribution is 2.27. The van der Waals surface area contributed by atoms with Crippen LogP contribution in [0, 0.1) is 0 Å². The summed E-state index contributed by atoms with van der Waals surface area (Å²) in [6.45, 7) is 8.05. The maximum Gasteiger partial charge on any atom is 0.416 e. The lowest BCUT2D eigenvalue weighted by atomic mass is 10.0. The summed E-state index contributed by atoms with van der Waals surface area (Å²) in [5, 5.41) is 2.84. The number of hydrogen-bond acceptors (Lipinski definition) is 6. The van der Waals surface area contributed by atoms with Gasteiger partial charge in [-0.05, 0) is 39.0 Å². The number of alkyl carbamates (subject to hydrolysis) is 1. The Hall–Kier alpha value is -2.68. The smallest absolute Gasteiger partial charge is 0.416 e. The van der Waals surface area contributed by atoms with E-state index in [4.69, 9.17) is 14.2 Å². The van der Waals surface area contributed by atoms with Crippen LogP contribution in [0.1, 0.15) is 161 Å². The quantitative estimate of drug-likeness (QED) is 0.0696. The molecule has 1 fully saturated rings. The molecule has 2 rings (SSSR count). The van der Waals surface area contributed by atoms with Crippen molar-refractivity contribution in [3.05, 3.63) is 30.1 Å². The third kappa shape index (κ3) is 19.3. The number of amides is 3. The molecule has 1 aromatic rings. The minimum absolute atomic E-state index is 0.00237. The molecule has 1 N–H and O–H groups in total. The van der Waals surface area contributed by atoms with E-state index < -0.39 is 17.8 Å². The van der Waals surface area contributed by atoms with E-state index in [1.807, 2.05) is 6.07 Å². The summed E-state index contributed by atoms with van der Waals surface area (Å²) in [5.74, 6) is -0.344. The molecule has 0 aromatic carbocycles. The number of imide groups is 1. The van der Waals surface area contributed by atoms with Gasteiger partial charge in [0.2, 0.25) is 5.91 Å². The zero-order valence-electron chi connectivity index (χ0n) is 31.5. The van der Waals surface area contributed by atoms with Crippen molar-refractivity contribution in [1.29, 1.82) is 0 Å². The van der Waals surface area contributed by atoms with Crippen molar-refractivity contribution >= 4 is 18.1 Å². The molecule has 9 nitrogen and oxygen atoms in total. The van der Waals surface area contributed by atoms with Gasteiger partial charge in [0, 0.05) is 45.2 Å². The summed E-state index contributed by atoms with van der Waals surface area (Å²) >= 11 is 0. The van der Waals surface area contributed by atoms with Crippen molar-refractivity contribution in [2.75, 3.05) is 32.9 Å². The van der Waals surface area contributed by atoms with Gasteiger partial charge in [0.05, 0.1) is 0 Å². The SMILES string of the molecule is CCCCCCCCCCCCCCCCCCNC(=O)OCC1(COC(=O)N(CCCCCc2cccc[n+]2CC)C(C)=O)CCCO1. The van der Waals surface area contributed by atoms with E-state index in [0.29, 0.717) is 32.5 Å². The first-order valence-corrected chi connectivity index (χ1v) is 19.9. The third-order valence-corrected chi connectivity index (χ3v) is 9.70. The van der Waals surface area contributed by atoms with E-state index in [1.54, 1.807) is 0 Å². The average molecular weight is 689 g/mol. The molecule has 2 heterocycles. The number of hydrogen-bond donors (Lipinski definition) is 1. The molecule has 0 spiro atoms. The van der Waals surface area contributed by atoms with Crippen LogP contribution in [-0.4, -0.2) is 61.5 Å². The number of carbonyl (C=O) groups excluding carboxylic acids is 3. The Kier molecular flexibility index (Phi) is 23.5. The highest BCUT2D eigenvalue weighted by Gasteiger charge is 2.39. The number of aryl methyl sites for hydroxylation is 2. The molecular formula is C40H70N3O6+. The predicted octanol–water partition coefficient (Wildman–Crippen LogP) is 9.23. The van der Waals surface area contributed by atoms with Crippen LogP contribution in [-0.2, 0) is 32.0 Å². The number of carbonyl (C=O) groups is 3. The lowest BCUT2D eigenvalue weighted by molar-refractivity contribution is -0.700. The van der Waals surface area contributed by atoms with Gasteiger partial charge >= 0.3 is 12.2 Å². The van der Waals surface area contributed by atoms with Crippen molar-refractivity contribution in [2.24, 2.45) is 0 Å². The molecule has 280 valence electrons. The highest BCUT2D eigenvalue weighted by molar-refractivity contribution is 5.90. The molecule has 1 atom stereocenters. The fourth-order valence-corrected chi connectivity index (χ4v) is 6.58. The van der Waals surface area contributed by atoms with Gasteiger partial charge in [-0.15, -0.1) is 0 Å². The van der Waals surface area contributed by atoms with Gasteiger partial charge in [0.15, 0.2) is 11.9 Å². The van der Waals surface area contributed by atoms with Gasteiger partial charge in [-0.1, -0.05) is 116 Å². The Labute approximate surface area is 298 Å². The van der Waals surface area contributed by atoms with Crippen LogP contribution in [0.15, 0.2) is 24.4 Å². The zero-order valence-corrected chi connectivity index (χ0v) is 31.5. The third-order valence-electron chi connectivity index (χ3n) is 9.70. The second-order valence-corrected chi connectivity index (χ2v) is 14.0. The molecule has 9 heteroatoms. The van der Waals surface area contributed by atoms with Crippen LogP contribution in [0.4, 0.5) is 9.59 Å². The first-order chi connectivity index (χ1) is 23.9. The molecule has 3 amide bonds. The summed E-state index contributed by atoms with van der Waals surface area (Å²) < 4.78 is 19.2. The van der Waals surface area contributed by atoms with Gasteiger partial charge in [0.25, 0.3) is 0 Å². The minimum Gasteiger partial charge on any atom is -0.446 e. The Morgan fingerprint density at radius 3 is 1.96 bits per heavy atom. The van der Waals surface area contributed by atoms with Crippen LogP contribution in [0.5, 0.6) is 0 Å². The second-order valence-electron chi connectivity index (χ2n) is 14.0. The van der Waals surface area contributed by atoms with E-state index in [2.05, 4.69) is 42.1 Å². The number of aromatic nitrogens is 1. The number of pyridine rings is 1. The van der Waals surface area contributed by atoms with Gasteiger partial charge in [0.1, 0.15) is 25.4 Å². The van der Waals surface area contributed by atoms with Gasteiger partial charge in [-0.25, -0.2) is 19.1 Å². The molecule has 1 unspecified atom stereocenters. The van der Waals surface area contributed by atoms with Crippen LogP contribution in [0.3, 0.4) is 0 Å². The molecular weight excluding hydrogens is 618 g/mol. The molecule has 1 aliphatic rings. The lowest BCUT2D eigenvalue weighted by Gasteiger charge is -2.28. The Morgan fingerprint density at radius 1 is 0.796 bits per heavy atom. The van der Waals surface area contributed by atoms with Gasteiger partial charge in [-0.3, -0.25) is 4.79 Å². The van der Waals surface area contributed by atoms with E-state index >= 15 is 0 Å². The first-order valence-electron chi connectivity index (χ1n) is 19.9. The van der Waals surface area contributed by atoms with Crippen LogP contribution >= 0.6 is 0 Å². The molecule has 0 aliphatic carbocycles. The standard InChI is InChI=1S/C40H69N3O6/c1-4-6-7-8-9-10-11-12-13-14-15-16-17-18-19-23-30-41-38(45)47-34-40(29-26-33-49-40)35-48-39(46)43(36(3)44)32-24-20-21-27-37-28-22-25-31-42(37)5-2/h22,25,28,31H,4-21,23-24,26-27,29-30,32-35H2,1-3H3/p+1. The van der Waals surface area contributed by atoms with Crippen molar-refractivity contribution in [3.8, 4) is 0 Å². The molecule has 1 saturated heterocycles. The van der Waals surface area contributed by atoms with E-state index in [0.717, 1.165) is 50.0 Å². The van der Waals surface area contributed by atoms with E-state index in [-0.39, 0.29) is 19.1 Å². The summed E-state index contributed by atoms with van der Waals surface area (Å²) in [6.07, 6.45) is 26.9. The van der Waals surface area contributed by atoms with E-state index in [1.165, 1.54) is 103 Å². The van der Waals surface area contributed by atoms with Crippen molar-refractivity contribution in [1.82, 2.24) is 10.2 Å². The normalized spacial score (nSPS) is 15.7. The molecule has 1 aromatic heterocycles. The molecule has 49 heavy (non-hydrogen) atoms. The highest BCUT2D eigenvalue weighted by atomic mass is 16.6. The Bertz CT molecular complexity index is 1030. The number of ether oxygens (including phenoxy) is 3. The number of rotatable bonds is 28. The molecule has 0 saturated carbocycles. The average Bonchev–Trinajstić information content (AvgIpc) is 3.58. The number of nitrogens with one attached hydrogen (secondary N) is 1. The fraction of sp³-hybridized carbons (Fsp3) is 0.800. The van der Waals surface area contributed by atoms with E-state index in [9.17, 15) is 14.4 Å². The minimum atomic E-state index is -0.881. The summed E-state index contributed by atoms with van der Waals surface area (Å²) in [6, 6.07) is 6.22. The van der Waals surface area contributed by atoms with Crippen LogP contribution in [0.2, 0.25) is 0 Å². The maximum absolute atomic E-state index is 12.9. The zero-order chi connectivity index (χ0) is 35.4. The number of unbranched alkanes of at least 4 members (excludes halogenated alkanes) is 17. The Morgan fingerprint density at radius 2 is 1.39 bits per heavy atom. The second kappa shape index (κ2) is 27.1. The summed E-state index contributed by atoms with van der Waals surface area (Å²) in [7, 11) is 0.